The zero-order valence-electron chi connectivity index (χ0n) is 22.5. The van der Waals surface area contributed by atoms with Crippen LogP contribution in [0, 0.1) is 11.2 Å². The van der Waals surface area contributed by atoms with Crippen LogP contribution >= 0.6 is 0 Å². The summed E-state index contributed by atoms with van der Waals surface area (Å²) < 4.78 is 31.2. The molecule has 2 amide bonds. The quantitative estimate of drug-likeness (QED) is 0.466. The summed E-state index contributed by atoms with van der Waals surface area (Å²) in [6, 6.07) is 11.7. The number of hydrogen-bond acceptors (Lipinski definition) is 6. The lowest BCUT2D eigenvalue weighted by Crippen LogP contribution is -2.45. The molecule has 1 aromatic heterocycles. The first-order chi connectivity index (χ1) is 18.7. The Balaban J connectivity index is 1.32. The first kappa shape index (κ1) is 26.9. The monoisotopic (exact) mass is 535 g/mol. The lowest BCUT2D eigenvalue weighted by Gasteiger charge is -2.41. The van der Waals surface area contributed by atoms with Gasteiger partial charge < -0.3 is 24.1 Å². The van der Waals surface area contributed by atoms with Crippen LogP contribution in [0.15, 0.2) is 53.1 Å². The molecule has 0 spiro atoms. The van der Waals surface area contributed by atoms with E-state index in [9.17, 15) is 14.0 Å². The average molecular weight is 536 g/mol. The van der Waals surface area contributed by atoms with Crippen molar-refractivity contribution in [2.45, 2.75) is 58.8 Å². The molecule has 3 heterocycles. The van der Waals surface area contributed by atoms with E-state index >= 15 is 0 Å². The maximum Gasteiger partial charge on any atom is 0.273 e. The van der Waals surface area contributed by atoms with Crippen LogP contribution in [0.3, 0.4) is 0 Å². The number of carbonyl (C=O) groups excluding carboxylic acids is 2. The van der Waals surface area contributed by atoms with Crippen molar-refractivity contribution in [2.24, 2.45) is 5.41 Å². The van der Waals surface area contributed by atoms with Gasteiger partial charge >= 0.3 is 0 Å². The van der Waals surface area contributed by atoms with Crippen molar-refractivity contribution >= 4 is 11.8 Å². The fraction of sp³-hybridized carbons (Fsp3) is 0.433. The Bertz CT molecular complexity index is 1340. The lowest BCUT2D eigenvalue weighted by atomic mass is 9.85. The van der Waals surface area contributed by atoms with E-state index in [0.717, 1.165) is 30.6 Å². The van der Waals surface area contributed by atoms with Gasteiger partial charge in [0.05, 0.1) is 12.1 Å². The molecule has 1 N–H and O–H groups in total. The van der Waals surface area contributed by atoms with Crippen molar-refractivity contribution < 1.29 is 27.9 Å². The molecule has 3 aromatic rings. The van der Waals surface area contributed by atoms with Gasteiger partial charge in [0.25, 0.3) is 5.91 Å². The number of nitrogens with one attached hydrogen (secondary N) is 1. The van der Waals surface area contributed by atoms with Crippen LogP contribution in [0.1, 0.15) is 72.7 Å². The second-order valence-corrected chi connectivity index (χ2v) is 11.1. The van der Waals surface area contributed by atoms with E-state index in [0.29, 0.717) is 30.8 Å². The lowest BCUT2D eigenvalue weighted by molar-refractivity contribution is -0.141. The summed E-state index contributed by atoms with van der Waals surface area (Å²) in [5.41, 5.74) is 2.27. The van der Waals surface area contributed by atoms with Crippen molar-refractivity contribution in [1.82, 2.24) is 15.2 Å². The fourth-order valence-corrected chi connectivity index (χ4v) is 5.10. The van der Waals surface area contributed by atoms with Gasteiger partial charge in [-0.2, -0.15) is 0 Å². The van der Waals surface area contributed by atoms with Crippen LogP contribution in [0.2, 0.25) is 0 Å². The number of halogens is 1. The van der Waals surface area contributed by atoms with Gasteiger partial charge in [-0.15, -0.1) is 0 Å². The molecular weight excluding hydrogens is 501 g/mol. The zero-order valence-corrected chi connectivity index (χ0v) is 22.5. The molecule has 0 unspecified atom stereocenters. The van der Waals surface area contributed by atoms with Crippen molar-refractivity contribution in [3.63, 3.8) is 0 Å². The Morgan fingerprint density at radius 3 is 2.79 bits per heavy atom. The Hall–Kier alpha value is -3.72. The fourth-order valence-electron chi connectivity index (χ4n) is 5.10. The first-order valence-corrected chi connectivity index (χ1v) is 13.4. The highest BCUT2D eigenvalue weighted by Crippen LogP contribution is 2.39. The number of fused-ring (bicyclic) bond motifs is 1. The molecule has 0 bridgehead atoms. The maximum absolute atomic E-state index is 14.3. The number of benzene rings is 2. The Labute approximate surface area is 227 Å². The van der Waals surface area contributed by atoms with Gasteiger partial charge in [-0.05, 0) is 60.2 Å². The van der Waals surface area contributed by atoms with E-state index in [-0.39, 0.29) is 41.9 Å². The van der Waals surface area contributed by atoms with Gasteiger partial charge in [0.15, 0.2) is 12.3 Å². The largest absolute Gasteiger partial charge is 0.484 e. The highest BCUT2D eigenvalue weighted by molar-refractivity contribution is 5.91. The standard InChI is InChI=1S/C30H34FN3O5/c1-30(2,3)29(36)34-12-11-19-9-10-22(15-24(19)27(34)20-6-4-7-21(31)14-20)38-18-26-33-25(17-39-26)28(35)32-16-23-8-5-13-37-23/h4,6-7,9-10,14-15,17,23,27H,5,8,11-13,16,18H2,1-3H3,(H,32,35)/t23-,27-/m0/s1. The Kier molecular flexibility index (Phi) is 7.70. The Morgan fingerprint density at radius 1 is 1.21 bits per heavy atom. The highest BCUT2D eigenvalue weighted by atomic mass is 19.1. The summed E-state index contributed by atoms with van der Waals surface area (Å²) >= 11 is 0. The second-order valence-electron chi connectivity index (χ2n) is 11.1. The SMILES string of the molecule is CC(C)(C)C(=O)N1CCc2ccc(OCc3nc(C(=O)NC[C@@H]4CCCO4)co3)cc2[C@@H]1c1cccc(F)c1. The van der Waals surface area contributed by atoms with Crippen molar-refractivity contribution in [3.05, 3.63) is 82.8 Å². The van der Waals surface area contributed by atoms with E-state index in [1.165, 1.54) is 18.4 Å². The highest BCUT2D eigenvalue weighted by Gasteiger charge is 2.37. The van der Waals surface area contributed by atoms with Crippen LogP contribution in [0.4, 0.5) is 4.39 Å². The minimum atomic E-state index is -0.587. The Morgan fingerprint density at radius 2 is 2.05 bits per heavy atom. The third kappa shape index (κ3) is 6.14. The number of nitrogens with zero attached hydrogens (tertiary/aromatic N) is 2. The topological polar surface area (TPSA) is 93.9 Å². The number of aromatic nitrogens is 1. The predicted octanol–water partition coefficient (Wildman–Crippen LogP) is 4.82. The van der Waals surface area contributed by atoms with Gasteiger partial charge in [0.2, 0.25) is 11.8 Å². The number of carbonyl (C=O) groups is 2. The van der Waals surface area contributed by atoms with E-state index in [4.69, 9.17) is 13.9 Å². The van der Waals surface area contributed by atoms with E-state index < -0.39 is 11.5 Å². The molecule has 1 saturated heterocycles. The number of rotatable bonds is 7. The molecule has 206 valence electrons. The molecule has 2 aliphatic heterocycles. The summed E-state index contributed by atoms with van der Waals surface area (Å²) in [5, 5.41) is 2.82. The van der Waals surface area contributed by atoms with Crippen LogP contribution in [-0.4, -0.2) is 47.5 Å². The number of hydrogen-bond donors (Lipinski definition) is 1. The maximum atomic E-state index is 14.3. The van der Waals surface area contributed by atoms with Crippen molar-refractivity contribution in [3.8, 4) is 5.75 Å². The molecule has 2 aliphatic rings. The second kappa shape index (κ2) is 11.2. The molecular formula is C30H34FN3O5. The normalized spacial score (nSPS) is 19.0. The summed E-state index contributed by atoms with van der Waals surface area (Å²) in [6.45, 7) is 7.39. The van der Waals surface area contributed by atoms with Gasteiger partial charge in [-0.3, -0.25) is 9.59 Å². The summed E-state index contributed by atoms with van der Waals surface area (Å²) in [7, 11) is 0. The van der Waals surface area contributed by atoms with Crippen molar-refractivity contribution in [2.75, 3.05) is 19.7 Å². The molecule has 0 radical (unpaired) electrons. The van der Waals surface area contributed by atoms with Gasteiger partial charge in [0.1, 0.15) is 17.8 Å². The molecule has 1 fully saturated rings. The minimum absolute atomic E-state index is 0.00109. The molecule has 9 heteroatoms. The van der Waals surface area contributed by atoms with Crippen molar-refractivity contribution in [1.29, 1.82) is 0 Å². The van der Waals surface area contributed by atoms with Crippen LogP contribution < -0.4 is 10.1 Å². The molecule has 5 rings (SSSR count). The third-order valence-corrected chi connectivity index (χ3v) is 7.07. The summed E-state index contributed by atoms with van der Waals surface area (Å²) in [4.78, 5) is 31.9. The minimum Gasteiger partial charge on any atom is -0.484 e. The predicted molar refractivity (Wildman–Crippen MR) is 142 cm³/mol. The van der Waals surface area contributed by atoms with Crippen LogP contribution in [0.5, 0.6) is 5.75 Å². The van der Waals surface area contributed by atoms with Gasteiger partial charge in [0, 0.05) is 25.1 Å². The molecule has 0 saturated carbocycles. The molecule has 8 nitrogen and oxygen atoms in total. The average Bonchev–Trinajstić information content (AvgIpc) is 3.61. The number of ether oxygens (including phenoxy) is 2. The van der Waals surface area contributed by atoms with E-state index in [1.54, 1.807) is 6.07 Å². The zero-order chi connectivity index (χ0) is 27.6. The van der Waals surface area contributed by atoms with Crippen LogP contribution in [0.25, 0.3) is 0 Å². The number of oxazole rings is 1. The molecule has 0 aliphatic carbocycles. The van der Waals surface area contributed by atoms with Gasteiger partial charge in [-0.25, -0.2) is 9.37 Å². The van der Waals surface area contributed by atoms with E-state index in [1.807, 2.05) is 49.9 Å². The summed E-state index contributed by atoms with van der Waals surface area (Å²) in [6.07, 6.45) is 3.97. The third-order valence-electron chi connectivity index (χ3n) is 7.07. The smallest absolute Gasteiger partial charge is 0.273 e. The molecule has 39 heavy (non-hydrogen) atoms. The molecule has 2 atom stereocenters. The molecule has 2 aromatic carbocycles. The van der Waals surface area contributed by atoms with Gasteiger partial charge in [-0.1, -0.05) is 39.0 Å². The first-order valence-electron chi connectivity index (χ1n) is 13.4. The number of amides is 2. The van der Waals surface area contributed by atoms with Crippen LogP contribution in [-0.2, 0) is 22.6 Å². The van der Waals surface area contributed by atoms with E-state index in [2.05, 4.69) is 10.3 Å². The summed E-state index contributed by atoms with van der Waals surface area (Å²) in [5.74, 6) is 0.147.